The zero-order valence-corrected chi connectivity index (χ0v) is 21.2. The van der Waals surface area contributed by atoms with Crippen molar-refractivity contribution in [1.29, 1.82) is 0 Å². The molecular weight excluding hydrogens is 485 g/mol. The molecular formula is C24H28BN3O7S. The molecule has 1 N–H and O–H groups in total. The van der Waals surface area contributed by atoms with Crippen LogP contribution >= 0.6 is 11.8 Å². The number of carbonyl (C=O) groups is 5. The van der Waals surface area contributed by atoms with Gasteiger partial charge in [0, 0.05) is 19.4 Å². The van der Waals surface area contributed by atoms with Gasteiger partial charge >= 0.3 is 20.1 Å². The summed E-state index contributed by atoms with van der Waals surface area (Å²) in [5.74, 6) is -2.30. The van der Waals surface area contributed by atoms with E-state index in [1.54, 1.807) is 20.8 Å². The summed E-state index contributed by atoms with van der Waals surface area (Å²) < 4.78 is 9.80. The van der Waals surface area contributed by atoms with Crippen LogP contribution < -0.4 is 5.32 Å². The highest BCUT2D eigenvalue weighted by atomic mass is 32.2. The highest BCUT2D eigenvalue weighted by Gasteiger charge is 2.66. The third-order valence-electron chi connectivity index (χ3n) is 6.40. The topological polar surface area (TPSA) is 122 Å². The minimum Gasteiger partial charge on any atom is -0.541 e. The maximum atomic E-state index is 13.2. The first-order valence-electron chi connectivity index (χ1n) is 11.7. The predicted octanol–water partition coefficient (Wildman–Crippen LogP) is 1.17. The van der Waals surface area contributed by atoms with Crippen molar-refractivity contribution in [3.05, 3.63) is 35.9 Å². The van der Waals surface area contributed by atoms with E-state index in [1.807, 2.05) is 30.3 Å². The minimum atomic E-state index is -1.56. The Balaban J connectivity index is 1.45. The Morgan fingerprint density at radius 2 is 1.86 bits per heavy atom. The van der Waals surface area contributed by atoms with Crippen LogP contribution in [0.3, 0.4) is 0 Å². The number of hydrogen-bond acceptors (Lipinski definition) is 8. The van der Waals surface area contributed by atoms with Gasteiger partial charge in [-0.25, -0.2) is 4.79 Å². The maximum Gasteiger partial charge on any atom is 0.408 e. The van der Waals surface area contributed by atoms with Crippen molar-refractivity contribution >= 4 is 49.5 Å². The molecule has 1 unspecified atom stereocenters. The molecule has 3 heterocycles. The van der Waals surface area contributed by atoms with Gasteiger partial charge < -0.3 is 24.5 Å². The molecule has 190 valence electrons. The second-order valence-corrected chi connectivity index (χ2v) is 11.5. The number of nitrogens with one attached hydrogen (secondary N) is 1. The van der Waals surface area contributed by atoms with Crippen LogP contribution in [0.1, 0.15) is 39.2 Å². The Kier molecular flexibility index (Phi) is 7.09. The largest absolute Gasteiger partial charge is 0.541 e. The molecule has 3 aliphatic rings. The summed E-state index contributed by atoms with van der Waals surface area (Å²) in [7, 11) is 5.23. The van der Waals surface area contributed by atoms with E-state index in [-0.39, 0.29) is 44.0 Å². The predicted molar refractivity (Wildman–Crippen MR) is 130 cm³/mol. The van der Waals surface area contributed by atoms with E-state index in [0.29, 0.717) is 0 Å². The van der Waals surface area contributed by atoms with E-state index in [1.165, 1.54) is 9.80 Å². The Morgan fingerprint density at radius 3 is 2.50 bits per heavy atom. The Morgan fingerprint density at radius 1 is 1.17 bits per heavy atom. The van der Waals surface area contributed by atoms with Gasteiger partial charge in [0.25, 0.3) is 0 Å². The number of β-lactam (4-membered cyclic amide) rings is 1. The van der Waals surface area contributed by atoms with Crippen LogP contribution in [0.5, 0.6) is 0 Å². The van der Waals surface area contributed by atoms with Gasteiger partial charge in [0.15, 0.2) is 0 Å². The average molecular weight is 513 g/mol. The highest BCUT2D eigenvalue weighted by Crippen LogP contribution is 2.53. The number of benzene rings is 1. The SMILES string of the molecule is [B]OC(=O)[C@@]1(N2CC[C@H](NC(=O)OC(C)(C)C)C2=O)CN2C(=O)C(CC(=O)Cc3ccccc3)[C@H]2S1. The van der Waals surface area contributed by atoms with Gasteiger partial charge in [0.05, 0.1) is 17.8 Å². The number of hydrogen-bond donors (Lipinski definition) is 1. The number of ether oxygens (including phenoxy) is 1. The third-order valence-corrected chi connectivity index (χ3v) is 8.13. The molecule has 0 bridgehead atoms. The standard InChI is InChI=1S/C24H28BN3O7S/c1-23(2,3)34-22(33)26-17-9-10-28(19(17)31)24(21(32)35-25)13-27-18(30)16(20(27)36-24)12-15(29)11-14-7-5-4-6-8-14/h4-8,16-17,20H,9-13H2,1-3H3,(H,26,33)/t16?,17-,20+,24+/m0/s1. The van der Waals surface area contributed by atoms with Crippen LogP contribution in [0.15, 0.2) is 30.3 Å². The van der Waals surface area contributed by atoms with Crippen LogP contribution in [-0.2, 0) is 35.0 Å². The summed E-state index contributed by atoms with van der Waals surface area (Å²) in [4.78, 5) is 65.1. The second kappa shape index (κ2) is 9.80. The number of nitrogens with zero attached hydrogens (tertiary/aromatic N) is 2. The van der Waals surface area contributed by atoms with Crippen molar-refractivity contribution in [3.63, 3.8) is 0 Å². The van der Waals surface area contributed by atoms with Gasteiger partial charge in [-0.15, -0.1) is 0 Å². The van der Waals surface area contributed by atoms with Crippen LogP contribution in [0.2, 0.25) is 0 Å². The van der Waals surface area contributed by atoms with Gasteiger partial charge in [0.2, 0.25) is 16.7 Å². The molecule has 0 aromatic heterocycles. The van der Waals surface area contributed by atoms with Crippen LogP contribution in [0.25, 0.3) is 0 Å². The monoisotopic (exact) mass is 513 g/mol. The second-order valence-electron chi connectivity index (χ2n) is 10.2. The number of Topliss-reactive ketones (excluding diaryl/α,β-unsaturated/α-hetero) is 1. The van der Waals surface area contributed by atoms with Crippen molar-refractivity contribution < 1.29 is 33.4 Å². The Labute approximate surface area is 214 Å². The number of carbonyl (C=O) groups excluding carboxylic acids is 5. The number of alkyl carbamates (subject to hydrolysis) is 1. The molecule has 10 nitrogen and oxygen atoms in total. The number of likely N-dealkylation sites (tertiary alicyclic amines) is 1. The van der Waals surface area contributed by atoms with Gasteiger partial charge in [-0.3, -0.25) is 19.2 Å². The summed E-state index contributed by atoms with van der Waals surface area (Å²) in [6, 6.07) is 8.35. The molecule has 36 heavy (non-hydrogen) atoms. The fraction of sp³-hybridized carbons (Fsp3) is 0.542. The summed E-state index contributed by atoms with van der Waals surface area (Å²) in [6.45, 7) is 5.16. The van der Waals surface area contributed by atoms with E-state index in [4.69, 9.17) is 12.8 Å². The number of fused-ring (bicyclic) bond motifs is 1. The Hall–Kier alpha value is -3.02. The number of ketones is 1. The van der Waals surface area contributed by atoms with Crippen molar-refractivity contribution in [2.45, 2.75) is 61.9 Å². The summed E-state index contributed by atoms with van der Waals surface area (Å²) in [6.07, 6.45) is -0.253. The maximum absolute atomic E-state index is 13.2. The van der Waals surface area contributed by atoms with E-state index in [9.17, 15) is 24.0 Å². The first-order valence-corrected chi connectivity index (χ1v) is 12.6. The van der Waals surface area contributed by atoms with Crippen molar-refractivity contribution in [2.75, 3.05) is 13.1 Å². The number of rotatable bonds is 7. The molecule has 0 spiro atoms. The zero-order chi connectivity index (χ0) is 26.3. The lowest BCUT2D eigenvalue weighted by atomic mass is 9.90. The lowest BCUT2D eigenvalue weighted by Gasteiger charge is -2.41. The minimum absolute atomic E-state index is 0.0341. The molecule has 2 radical (unpaired) electrons. The summed E-state index contributed by atoms with van der Waals surface area (Å²) in [5, 5.41) is 2.08. The molecule has 12 heteroatoms. The lowest BCUT2D eigenvalue weighted by Crippen LogP contribution is -2.60. The molecule has 3 amide bonds. The fourth-order valence-electron chi connectivity index (χ4n) is 4.79. The van der Waals surface area contributed by atoms with Crippen molar-refractivity contribution in [1.82, 2.24) is 15.1 Å². The van der Waals surface area contributed by atoms with Gasteiger partial charge in [0.1, 0.15) is 17.4 Å². The molecule has 1 aromatic rings. The zero-order valence-electron chi connectivity index (χ0n) is 20.4. The summed E-state index contributed by atoms with van der Waals surface area (Å²) in [5.41, 5.74) is 0.120. The average Bonchev–Trinajstić information content (AvgIpc) is 3.36. The third kappa shape index (κ3) is 4.95. The molecule has 3 fully saturated rings. The number of amides is 3. The normalized spacial score (nSPS) is 27.4. The van der Waals surface area contributed by atoms with Crippen molar-refractivity contribution in [3.8, 4) is 0 Å². The van der Waals surface area contributed by atoms with Crippen molar-refractivity contribution in [2.24, 2.45) is 5.92 Å². The molecule has 4 atom stereocenters. The van der Waals surface area contributed by atoms with Crippen LogP contribution in [-0.4, -0.2) is 82.5 Å². The van der Waals surface area contributed by atoms with Crippen LogP contribution in [0, 0.1) is 5.92 Å². The van der Waals surface area contributed by atoms with E-state index < -0.39 is 45.8 Å². The van der Waals surface area contributed by atoms with Crippen LogP contribution in [0.4, 0.5) is 4.79 Å². The fourth-order valence-corrected chi connectivity index (χ4v) is 6.54. The lowest BCUT2D eigenvalue weighted by molar-refractivity contribution is -0.156. The molecule has 1 aromatic carbocycles. The smallest absolute Gasteiger partial charge is 0.408 e. The first-order chi connectivity index (χ1) is 16.9. The van der Waals surface area contributed by atoms with E-state index in [0.717, 1.165) is 17.3 Å². The number of thioether (sulfide) groups is 1. The molecule has 0 saturated carbocycles. The van der Waals surface area contributed by atoms with E-state index in [2.05, 4.69) is 9.97 Å². The first kappa shape index (κ1) is 26.1. The molecule has 3 aliphatic heterocycles. The molecule has 0 aliphatic carbocycles. The molecule has 3 saturated heterocycles. The Bertz CT molecular complexity index is 1080. The van der Waals surface area contributed by atoms with Gasteiger partial charge in [-0.1, -0.05) is 42.1 Å². The quantitative estimate of drug-likeness (QED) is 0.426. The molecule has 4 rings (SSSR count). The van der Waals surface area contributed by atoms with E-state index >= 15 is 0 Å². The van der Waals surface area contributed by atoms with Gasteiger partial charge in [-0.05, 0) is 32.8 Å². The van der Waals surface area contributed by atoms with Gasteiger partial charge in [-0.2, -0.15) is 0 Å². The summed E-state index contributed by atoms with van der Waals surface area (Å²) >= 11 is 1.09. The highest BCUT2D eigenvalue weighted by molar-refractivity contribution is 8.02.